The maximum atomic E-state index is 11.4. The number of anilines is 1. The normalized spacial score (nSPS) is 15.9. The molecule has 18 heavy (non-hydrogen) atoms. The van der Waals surface area contributed by atoms with Crippen LogP contribution in [-0.2, 0) is 10.0 Å². The lowest BCUT2D eigenvalue weighted by molar-refractivity contribution is 0.337. The number of likely N-dealkylation sites (N-methyl/N-ethyl adjacent to an activating group) is 1. The molecule has 2 rings (SSSR count). The molecule has 5 nitrogen and oxygen atoms in total. The number of sulfonamides is 1. The second-order valence-corrected chi connectivity index (χ2v) is 6.21. The quantitative estimate of drug-likeness (QED) is 0.802. The molecule has 6 heteroatoms. The standard InChI is InChI=1S/C12H19N3O2S/c1-15(10-6-7-10)9-8-14-11-4-2-3-5-12(11)18(13,16)17/h2-5,10,14H,6-9H2,1H3,(H2,13,16,17). The maximum absolute atomic E-state index is 11.4. The molecule has 0 atom stereocenters. The summed E-state index contributed by atoms with van der Waals surface area (Å²) in [6.45, 7) is 1.60. The van der Waals surface area contributed by atoms with E-state index < -0.39 is 10.0 Å². The molecule has 0 heterocycles. The summed E-state index contributed by atoms with van der Waals surface area (Å²) in [4.78, 5) is 2.44. The van der Waals surface area contributed by atoms with E-state index in [9.17, 15) is 8.42 Å². The SMILES string of the molecule is CN(CCNc1ccccc1S(N)(=O)=O)C1CC1. The highest BCUT2D eigenvalue weighted by Gasteiger charge is 2.25. The Morgan fingerprint density at radius 2 is 2.06 bits per heavy atom. The van der Waals surface area contributed by atoms with Gasteiger partial charge >= 0.3 is 0 Å². The van der Waals surface area contributed by atoms with Crippen LogP contribution in [-0.4, -0.2) is 39.5 Å². The molecule has 1 aliphatic carbocycles. The van der Waals surface area contributed by atoms with E-state index in [1.807, 2.05) is 0 Å². The number of rotatable bonds is 6. The van der Waals surface area contributed by atoms with Crippen LogP contribution in [0.4, 0.5) is 5.69 Å². The Morgan fingerprint density at radius 3 is 2.67 bits per heavy atom. The van der Waals surface area contributed by atoms with E-state index in [1.165, 1.54) is 18.9 Å². The molecule has 0 unspecified atom stereocenters. The third kappa shape index (κ3) is 3.44. The van der Waals surface area contributed by atoms with E-state index >= 15 is 0 Å². The van der Waals surface area contributed by atoms with Gasteiger partial charge in [-0.15, -0.1) is 0 Å². The lowest BCUT2D eigenvalue weighted by Gasteiger charge is -2.17. The largest absolute Gasteiger partial charge is 0.383 e. The molecular weight excluding hydrogens is 250 g/mol. The first-order chi connectivity index (χ1) is 8.48. The highest BCUT2D eigenvalue weighted by molar-refractivity contribution is 7.89. The van der Waals surface area contributed by atoms with Gasteiger partial charge in [0.2, 0.25) is 10.0 Å². The third-order valence-corrected chi connectivity index (χ3v) is 4.11. The average Bonchev–Trinajstić information content (AvgIpc) is 3.12. The van der Waals surface area contributed by atoms with Crippen molar-refractivity contribution in [3.63, 3.8) is 0 Å². The summed E-state index contributed by atoms with van der Waals surface area (Å²) >= 11 is 0. The third-order valence-electron chi connectivity index (χ3n) is 3.14. The molecule has 3 N–H and O–H groups in total. The second-order valence-electron chi connectivity index (χ2n) is 4.68. The molecule has 0 bridgehead atoms. The van der Waals surface area contributed by atoms with Crippen LogP contribution in [0.1, 0.15) is 12.8 Å². The Balaban J connectivity index is 1.96. The number of nitrogens with two attached hydrogens (primary N) is 1. The zero-order valence-electron chi connectivity index (χ0n) is 10.5. The monoisotopic (exact) mass is 269 g/mol. The summed E-state index contributed by atoms with van der Waals surface area (Å²) in [6, 6.07) is 7.42. The van der Waals surface area contributed by atoms with Crippen LogP contribution in [0.2, 0.25) is 0 Å². The highest BCUT2D eigenvalue weighted by Crippen LogP contribution is 2.25. The summed E-state index contributed by atoms with van der Waals surface area (Å²) in [5.74, 6) is 0. The van der Waals surface area contributed by atoms with E-state index in [2.05, 4.69) is 17.3 Å². The van der Waals surface area contributed by atoms with Crippen LogP contribution in [0, 0.1) is 0 Å². The lowest BCUT2D eigenvalue weighted by atomic mass is 10.3. The lowest BCUT2D eigenvalue weighted by Crippen LogP contribution is -2.27. The van der Waals surface area contributed by atoms with Crippen molar-refractivity contribution in [2.45, 2.75) is 23.8 Å². The zero-order valence-corrected chi connectivity index (χ0v) is 11.3. The van der Waals surface area contributed by atoms with E-state index in [0.717, 1.165) is 6.54 Å². The fourth-order valence-corrected chi connectivity index (χ4v) is 2.64. The predicted molar refractivity (Wildman–Crippen MR) is 72.0 cm³/mol. The fourth-order valence-electron chi connectivity index (χ4n) is 1.93. The fraction of sp³-hybridized carbons (Fsp3) is 0.500. The van der Waals surface area contributed by atoms with Crippen molar-refractivity contribution in [3.8, 4) is 0 Å². The van der Waals surface area contributed by atoms with Gasteiger partial charge in [-0.1, -0.05) is 12.1 Å². The van der Waals surface area contributed by atoms with Gasteiger partial charge in [-0.05, 0) is 32.0 Å². The van der Waals surface area contributed by atoms with Crippen LogP contribution < -0.4 is 10.5 Å². The van der Waals surface area contributed by atoms with Crippen molar-refractivity contribution in [2.75, 3.05) is 25.5 Å². The Kier molecular flexibility index (Phi) is 3.89. The van der Waals surface area contributed by atoms with Crippen LogP contribution in [0.15, 0.2) is 29.2 Å². The number of hydrogen-bond acceptors (Lipinski definition) is 4. The number of primary sulfonamides is 1. The molecular formula is C12H19N3O2S. The average molecular weight is 269 g/mol. The van der Waals surface area contributed by atoms with Crippen molar-refractivity contribution in [1.82, 2.24) is 4.90 Å². The van der Waals surface area contributed by atoms with Gasteiger partial charge in [-0.3, -0.25) is 0 Å². The smallest absolute Gasteiger partial charge is 0.240 e. The molecule has 0 aromatic heterocycles. The van der Waals surface area contributed by atoms with Crippen molar-refractivity contribution < 1.29 is 8.42 Å². The minimum Gasteiger partial charge on any atom is -0.383 e. The van der Waals surface area contributed by atoms with Crippen LogP contribution in [0.3, 0.4) is 0 Å². The van der Waals surface area contributed by atoms with E-state index in [4.69, 9.17) is 5.14 Å². The van der Waals surface area contributed by atoms with Gasteiger partial charge < -0.3 is 10.2 Å². The molecule has 0 radical (unpaired) electrons. The van der Waals surface area contributed by atoms with Crippen molar-refractivity contribution >= 4 is 15.7 Å². The topological polar surface area (TPSA) is 75.4 Å². The van der Waals surface area contributed by atoms with Crippen LogP contribution in [0.25, 0.3) is 0 Å². The maximum Gasteiger partial charge on any atom is 0.240 e. The Morgan fingerprint density at radius 1 is 1.39 bits per heavy atom. The summed E-state index contributed by atoms with van der Waals surface area (Å²) in [5, 5.41) is 8.30. The highest BCUT2D eigenvalue weighted by atomic mass is 32.2. The summed E-state index contributed by atoms with van der Waals surface area (Å²) in [7, 11) is -1.58. The predicted octanol–water partition coefficient (Wildman–Crippen LogP) is 0.840. The molecule has 1 saturated carbocycles. The molecule has 1 aromatic carbocycles. The molecule has 0 amide bonds. The first kappa shape index (κ1) is 13.3. The van der Waals surface area contributed by atoms with Crippen molar-refractivity contribution in [3.05, 3.63) is 24.3 Å². The minimum atomic E-state index is -3.66. The van der Waals surface area contributed by atoms with E-state index in [-0.39, 0.29) is 4.90 Å². The zero-order chi connectivity index (χ0) is 13.2. The number of nitrogens with zero attached hydrogens (tertiary/aromatic N) is 1. The number of benzene rings is 1. The van der Waals surface area contributed by atoms with E-state index in [0.29, 0.717) is 18.3 Å². The van der Waals surface area contributed by atoms with Gasteiger partial charge in [0, 0.05) is 19.1 Å². The Bertz CT molecular complexity index is 512. The van der Waals surface area contributed by atoms with Gasteiger partial charge in [0.25, 0.3) is 0 Å². The summed E-state index contributed by atoms with van der Waals surface area (Å²) in [6.07, 6.45) is 2.54. The molecule has 0 aliphatic heterocycles. The Hall–Kier alpha value is -1.11. The van der Waals surface area contributed by atoms with Gasteiger partial charge in [-0.2, -0.15) is 0 Å². The molecule has 0 saturated heterocycles. The summed E-state index contributed by atoms with van der Waals surface area (Å²) in [5.41, 5.74) is 0.573. The number of nitrogens with one attached hydrogen (secondary N) is 1. The van der Waals surface area contributed by atoms with Gasteiger partial charge in [0.05, 0.1) is 5.69 Å². The van der Waals surface area contributed by atoms with E-state index in [1.54, 1.807) is 18.2 Å². The van der Waals surface area contributed by atoms with Gasteiger partial charge in [0.1, 0.15) is 4.90 Å². The van der Waals surface area contributed by atoms with Crippen LogP contribution in [0.5, 0.6) is 0 Å². The molecule has 1 aromatic rings. The molecule has 0 spiro atoms. The minimum absolute atomic E-state index is 0.152. The second kappa shape index (κ2) is 5.26. The first-order valence-corrected chi connectivity index (χ1v) is 7.59. The van der Waals surface area contributed by atoms with Gasteiger partial charge in [-0.25, -0.2) is 13.6 Å². The molecule has 1 aliphatic rings. The van der Waals surface area contributed by atoms with Crippen LogP contribution >= 0.6 is 0 Å². The Labute approximate surface area is 108 Å². The number of para-hydroxylation sites is 1. The number of hydrogen-bond donors (Lipinski definition) is 2. The molecule has 1 fully saturated rings. The van der Waals surface area contributed by atoms with Gasteiger partial charge in [0.15, 0.2) is 0 Å². The van der Waals surface area contributed by atoms with Crippen molar-refractivity contribution in [1.29, 1.82) is 0 Å². The molecule has 100 valence electrons. The summed E-state index contributed by atoms with van der Waals surface area (Å²) < 4.78 is 22.8. The van der Waals surface area contributed by atoms with Crippen molar-refractivity contribution in [2.24, 2.45) is 5.14 Å². The first-order valence-electron chi connectivity index (χ1n) is 6.04.